The molecule has 7 rings (SSSR count). The molecule has 42 heavy (non-hydrogen) atoms. The molecule has 2 aromatic carbocycles. The summed E-state index contributed by atoms with van der Waals surface area (Å²) < 4.78 is 7.56. The fraction of sp³-hybridized carbons (Fsp3) is 0.333. The summed E-state index contributed by atoms with van der Waals surface area (Å²) in [6.07, 6.45) is 7.55. The van der Waals surface area contributed by atoms with E-state index in [1.807, 2.05) is 34.8 Å². The van der Waals surface area contributed by atoms with Crippen molar-refractivity contribution in [1.82, 2.24) is 19.4 Å². The fourth-order valence-electron chi connectivity index (χ4n) is 6.59. The molecule has 1 saturated carbocycles. The van der Waals surface area contributed by atoms with Crippen LogP contribution in [0, 0.1) is 0 Å². The molecule has 4 heterocycles. The number of benzene rings is 2. The monoisotopic (exact) mass is 580 g/mol. The lowest BCUT2D eigenvalue weighted by atomic mass is 9.81. The summed E-state index contributed by atoms with van der Waals surface area (Å²) in [5, 5.41) is 11.9. The van der Waals surface area contributed by atoms with Gasteiger partial charge in [0.15, 0.2) is 0 Å². The highest BCUT2D eigenvalue weighted by Gasteiger charge is 2.29. The van der Waals surface area contributed by atoms with Gasteiger partial charge in [0.1, 0.15) is 6.54 Å². The molecule has 9 heteroatoms. The van der Waals surface area contributed by atoms with E-state index in [0.717, 1.165) is 56.5 Å². The summed E-state index contributed by atoms with van der Waals surface area (Å²) in [5.41, 5.74) is 7.86. The Kier molecular flexibility index (Phi) is 7.21. The Hall–Kier alpha value is -4.08. The number of fused-ring (bicyclic) bond motifs is 2. The van der Waals surface area contributed by atoms with Crippen LogP contribution in [0.1, 0.15) is 53.9 Å². The standard InChI is InChI=1S/C33H32N4O4S/c38-30(36-12-14-41-15-13-36)19-37-28-17-24(33(39)40)6-9-25(28)31(21-4-2-1-3-5-21)32(37)23-8-10-26-22(16-23)7-11-27(35-26)29-18-34-20-42-29/h6-11,16-18,20-21H,1-5,12-15,19H2,(H,39,40). The van der Waals surface area contributed by atoms with Gasteiger partial charge < -0.3 is 19.3 Å². The Morgan fingerprint density at radius 1 is 1.00 bits per heavy atom. The van der Waals surface area contributed by atoms with Crippen molar-refractivity contribution in [2.24, 2.45) is 0 Å². The van der Waals surface area contributed by atoms with Crippen LogP contribution in [0.15, 0.2) is 60.2 Å². The number of amides is 1. The van der Waals surface area contributed by atoms with Gasteiger partial charge in [0.25, 0.3) is 0 Å². The van der Waals surface area contributed by atoms with Crippen molar-refractivity contribution >= 4 is 45.0 Å². The summed E-state index contributed by atoms with van der Waals surface area (Å²) in [7, 11) is 0. The molecule has 0 unspecified atom stereocenters. The predicted octanol–water partition coefficient (Wildman–Crippen LogP) is 6.58. The maximum absolute atomic E-state index is 13.7. The zero-order chi connectivity index (χ0) is 28.6. The van der Waals surface area contributed by atoms with Crippen LogP contribution in [0.4, 0.5) is 0 Å². The average Bonchev–Trinajstić information content (AvgIpc) is 3.68. The molecule has 1 amide bonds. The molecule has 1 N–H and O–H groups in total. The SMILES string of the molecule is O=C(O)c1ccc2c(C3CCCCC3)c(-c3ccc4nc(-c5cncs5)ccc4c3)n(CC(=O)N3CCOCC3)c2c1. The second-order valence-electron chi connectivity index (χ2n) is 11.2. The maximum atomic E-state index is 13.7. The molecule has 2 aliphatic rings. The second kappa shape index (κ2) is 11.3. The third-order valence-corrected chi connectivity index (χ3v) is 9.46. The number of aromatic carboxylic acids is 1. The van der Waals surface area contributed by atoms with E-state index in [0.29, 0.717) is 32.2 Å². The van der Waals surface area contributed by atoms with Gasteiger partial charge in [-0.25, -0.2) is 9.78 Å². The van der Waals surface area contributed by atoms with Gasteiger partial charge in [0.2, 0.25) is 5.91 Å². The zero-order valence-corrected chi connectivity index (χ0v) is 24.1. The number of carbonyl (C=O) groups is 2. The first-order valence-electron chi connectivity index (χ1n) is 14.6. The van der Waals surface area contributed by atoms with Crippen LogP contribution in [0.2, 0.25) is 0 Å². The molecule has 0 atom stereocenters. The third kappa shape index (κ3) is 4.97. The van der Waals surface area contributed by atoms with Gasteiger partial charge in [-0.1, -0.05) is 37.5 Å². The Morgan fingerprint density at radius 2 is 1.83 bits per heavy atom. The van der Waals surface area contributed by atoms with E-state index in [1.165, 1.54) is 24.8 Å². The molecule has 3 aromatic heterocycles. The molecular weight excluding hydrogens is 548 g/mol. The number of hydrogen-bond acceptors (Lipinski definition) is 6. The van der Waals surface area contributed by atoms with Gasteiger partial charge in [-0.2, -0.15) is 0 Å². The Bertz CT molecular complexity index is 1780. The van der Waals surface area contributed by atoms with Crippen LogP contribution in [0.3, 0.4) is 0 Å². The number of carboxylic acid groups (broad SMARTS) is 1. The molecule has 0 radical (unpaired) electrons. The van der Waals surface area contributed by atoms with E-state index in [1.54, 1.807) is 23.5 Å². The summed E-state index contributed by atoms with van der Waals surface area (Å²) >= 11 is 1.56. The molecule has 1 aliphatic heterocycles. The van der Waals surface area contributed by atoms with E-state index >= 15 is 0 Å². The van der Waals surface area contributed by atoms with Crippen LogP contribution < -0.4 is 0 Å². The summed E-state index contributed by atoms with van der Waals surface area (Å²) in [4.78, 5) is 37.7. The maximum Gasteiger partial charge on any atom is 0.335 e. The highest BCUT2D eigenvalue weighted by atomic mass is 32.1. The molecule has 214 valence electrons. The second-order valence-corrected chi connectivity index (χ2v) is 12.1. The highest BCUT2D eigenvalue weighted by molar-refractivity contribution is 7.13. The van der Waals surface area contributed by atoms with Gasteiger partial charge in [0.05, 0.1) is 51.6 Å². The smallest absolute Gasteiger partial charge is 0.335 e. The van der Waals surface area contributed by atoms with E-state index in [9.17, 15) is 14.7 Å². The lowest BCUT2D eigenvalue weighted by molar-refractivity contribution is -0.135. The summed E-state index contributed by atoms with van der Waals surface area (Å²) in [6.45, 7) is 2.33. The van der Waals surface area contributed by atoms with Gasteiger partial charge in [-0.05, 0) is 60.2 Å². The van der Waals surface area contributed by atoms with Crippen molar-refractivity contribution < 1.29 is 19.4 Å². The molecule has 1 aliphatic carbocycles. The first-order valence-corrected chi connectivity index (χ1v) is 15.5. The average molecular weight is 581 g/mol. The number of nitrogens with zero attached hydrogens (tertiary/aromatic N) is 4. The number of carbonyl (C=O) groups excluding carboxylic acids is 1. The Balaban J connectivity index is 1.42. The minimum atomic E-state index is -0.974. The van der Waals surface area contributed by atoms with Crippen molar-refractivity contribution in [3.8, 4) is 21.8 Å². The summed E-state index contributed by atoms with van der Waals surface area (Å²) in [6, 6.07) is 15.8. The van der Waals surface area contributed by atoms with E-state index in [4.69, 9.17) is 9.72 Å². The first-order chi connectivity index (χ1) is 20.6. The van der Waals surface area contributed by atoms with Crippen molar-refractivity contribution in [3.05, 3.63) is 71.4 Å². The lowest BCUT2D eigenvalue weighted by Gasteiger charge is -2.28. The molecule has 5 aromatic rings. The minimum absolute atomic E-state index is 0.0176. The van der Waals surface area contributed by atoms with Gasteiger partial charge in [-0.3, -0.25) is 9.78 Å². The van der Waals surface area contributed by atoms with Crippen LogP contribution in [0.5, 0.6) is 0 Å². The number of morpholine rings is 1. The largest absolute Gasteiger partial charge is 0.478 e. The number of carboxylic acids is 1. The third-order valence-electron chi connectivity index (χ3n) is 8.67. The Labute approximate surface area is 247 Å². The Morgan fingerprint density at radius 3 is 2.60 bits per heavy atom. The van der Waals surface area contributed by atoms with E-state index in [-0.39, 0.29) is 18.0 Å². The number of ether oxygens (including phenoxy) is 1. The molecule has 1 saturated heterocycles. The zero-order valence-electron chi connectivity index (χ0n) is 23.3. The normalized spacial score (nSPS) is 16.3. The topological polar surface area (TPSA) is 97.5 Å². The number of hydrogen-bond donors (Lipinski definition) is 1. The quantitative estimate of drug-likeness (QED) is 0.244. The van der Waals surface area contributed by atoms with Crippen LogP contribution in [0.25, 0.3) is 43.6 Å². The molecule has 0 bridgehead atoms. The van der Waals surface area contributed by atoms with Crippen LogP contribution >= 0.6 is 11.3 Å². The van der Waals surface area contributed by atoms with Crippen molar-refractivity contribution in [2.75, 3.05) is 26.3 Å². The first kappa shape index (κ1) is 26.8. The van der Waals surface area contributed by atoms with Crippen LogP contribution in [-0.2, 0) is 16.1 Å². The molecular formula is C33H32N4O4S. The number of rotatable bonds is 6. The number of aromatic nitrogens is 3. The summed E-state index contributed by atoms with van der Waals surface area (Å²) in [5.74, 6) is -0.614. The van der Waals surface area contributed by atoms with Crippen molar-refractivity contribution in [2.45, 2.75) is 44.6 Å². The fourth-order valence-corrected chi connectivity index (χ4v) is 7.18. The minimum Gasteiger partial charge on any atom is -0.478 e. The van der Waals surface area contributed by atoms with Gasteiger partial charge >= 0.3 is 5.97 Å². The lowest BCUT2D eigenvalue weighted by Crippen LogP contribution is -2.42. The highest BCUT2D eigenvalue weighted by Crippen LogP contribution is 2.45. The number of thiazole rings is 1. The van der Waals surface area contributed by atoms with E-state index < -0.39 is 5.97 Å². The predicted molar refractivity (Wildman–Crippen MR) is 164 cm³/mol. The molecule has 0 spiro atoms. The van der Waals surface area contributed by atoms with Gasteiger partial charge in [-0.15, -0.1) is 11.3 Å². The van der Waals surface area contributed by atoms with Crippen molar-refractivity contribution in [1.29, 1.82) is 0 Å². The van der Waals surface area contributed by atoms with Crippen LogP contribution in [-0.4, -0.2) is 62.7 Å². The molecule has 8 nitrogen and oxygen atoms in total. The van der Waals surface area contributed by atoms with Crippen molar-refractivity contribution in [3.63, 3.8) is 0 Å². The molecule has 2 fully saturated rings. The van der Waals surface area contributed by atoms with Gasteiger partial charge in [0, 0.05) is 30.1 Å². The van der Waals surface area contributed by atoms with E-state index in [2.05, 4.69) is 27.8 Å². The number of pyridine rings is 1.